The number of aromatic nitrogens is 5. The Kier molecular flexibility index (Phi) is 21.8. The van der Waals surface area contributed by atoms with Crippen LogP contribution in [0.5, 0.6) is 0 Å². The number of azo groups is 1. The molecule has 16 nitrogen and oxygen atoms in total. The smallest absolute Gasteiger partial charge is 0.299 e. The van der Waals surface area contributed by atoms with E-state index in [0.717, 1.165) is 11.4 Å². The fourth-order valence-electron chi connectivity index (χ4n) is 3.19. The molecule has 3 aromatic carbocycles. The second kappa shape index (κ2) is 24.2. The van der Waals surface area contributed by atoms with Crippen LogP contribution in [0.3, 0.4) is 0 Å². The van der Waals surface area contributed by atoms with Crippen molar-refractivity contribution in [2.45, 2.75) is 34.6 Å². The maximum Gasteiger partial charge on any atom is 0.299 e. The van der Waals surface area contributed by atoms with E-state index in [2.05, 4.69) is 40.9 Å². The van der Waals surface area contributed by atoms with Gasteiger partial charge in [0.05, 0.1) is 29.6 Å². The average molecular weight is 766 g/mol. The van der Waals surface area contributed by atoms with Gasteiger partial charge in [-0.15, -0.1) is 5.11 Å². The third-order valence-corrected chi connectivity index (χ3v) is 5.11. The maximum atomic E-state index is 12.4. The number of H-pyrrole nitrogens is 1. The molecule has 0 saturated carbocycles. The normalized spacial score (nSPS) is 10.2. The summed E-state index contributed by atoms with van der Waals surface area (Å²) in [5.74, 6) is 0.842. The second-order valence-electron chi connectivity index (χ2n) is 9.06. The Balaban J connectivity index is 0.000000734. The molecule has 5 rings (SSSR count). The number of para-hydroxylation sites is 2. The minimum absolute atomic E-state index is 0.151. The average Bonchev–Trinajstić information content (AvgIpc) is 3.37. The largest absolute Gasteiger partial charge is 0.357 e. The monoisotopic (exact) mass is 765 g/mol. The van der Waals surface area contributed by atoms with Crippen LogP contribution in [0.1, 0.15) is 33.4 Å². The highest BCUT2D eigenvalue weighted by Gasteiger charge is 2.11. The molecule has 0 aliphatic heterocycles. The zero-order valence-electron chi connectivity index (χ0n) is 29.5. The number of hydrogen-bond acceptors (Lipinski definition) is 12. The van der Waals surface area contributed by atoms with Gasteiger partial charge < -0.3 is 10.6 Å². The van der Waals surface area contributed by atoms with Gasteiger partial charge in [0.25, 0.3) is 25.8 Å². The summed E-state index contributed by atoms with van der Waals surface area (Å²) in [6.07, 6.45) is 1.43. The Labute approximate surface area is 303 Å². The number of aryl methyl sites for hydroxylation is 1. The third kappa shape index (κ3) is 21.6. The Morgan fingerprint density at radius 2 is 1.16 bits per heavy atom. The number of nitrogens with zero attached hydrogens (tertiary/aromatic N) is 6. The molecule has 0 atom stereocenters. The summed E-state index contributed by atoms with van der Waals surface area (Å²) in [4.78, 5) is 24.4. The zero-order valence-corrected chi connectivity index (χ0v) is 31.9. The summed E-state index contributed by atoms with van der Waals surface area (Å²) in [7, 11) is -5.61. The van der Waals surface area contributed by atoms with Crippen LogP contribution in [0.15, 0.2) is 106 Å². The van der Waals surface area contributed by atoms with E-state index in [-0.39, 0.29) is 10.8 Å². The van der Waals surface area contributed by atoms with Gasteiger partial charge in [0, 0.05) is 12.7 Å². The lowest BCUT2D eigenvalue weighted by molar-refractivity contribution is 0.488. The molecule has 0 fully saturated rings. The molecular weight excluding hydrogens is 722 g/mol. The van der Waals surface area contributed by atoms with E-state index in [1.165, 1.54) is 4.68 Å². The highest BCUT2D eigenvalue weighted by atomic mass is 35.5. The first kappa shape index (κ1) is 46.0. The second-order valence-corrected chi connectivity index (χ2v) is 12.3. The van der Waals surface area contributed by atoms with E-state index in [9.17, 15) is 21.6 Å². The zero-order chi connectivity index (χ0) is 39.0. The van der Waals surface area contributed by atoms with Gasteiger partial charge in [-0.2, -0.15) is 36.9 Å². The molecule has 0 saturated heterocycles. The van der Waals surface area contributed by atoms with Crippen molar-refractivity contribution in [2.24, 2.45) is 10.2 Å². The molecule has 2 aromatic heterocycles. The van der Waals surface area contributed by atoms with Crippen LogP contribution in [-0.2, 0) is 20.2 Å². The van der Waals surface area contributed by atoms with Crippen molar-refractivity contribution in [2.75, 3.05) is 30.2 Å². The topological polar surface area (TPSA) is 234 Å². The summed E-state index contributed by atoms with van der Waals surface area (Å²) in [6.45, 7) is 9.81. The number of rotatable bonds is 6. The van der Waals surface area contributed by atoms with Crippen molar-refractivity contribution < 1.29 is 25.9 Å². The number of aromatic amines is 1. The van der Waals surface area contributed by atoms with Gasteiger partial charge in [-0.3, -0.25) is 19.0 Å². The summed E-state index contributed by atoms with van der Waals surface area (Å²) >= 11 is 5.75. The molecule has 0 amide bonds. The summed E-state index contributed by atoms with van der Waals surface area (Å²) in [5, 5.41) is 17.2. The van der Waals surface area contributed by atoms with Gasteiger partial charge in [-0.1, -0.05) is 82.3 Å². The molecule has 278 valence electrons. The highest BCUT2D eigenvalue weighted by molar-refractivity contribution is 7.85. The van der Waals surface area contributed by atoms with E-state index in [4.69, 9.17) is 20.7 Å². The Hall–Kier alpha value is -5.01. The van der Waals surface area contributed by atoms with Gasteiger partial charge in [0.2, 0.25) is 17.2 Å². The van der Waals surface area contributed by atoms with Gasteiger partial charge in [-0.25, -0.2) is 4.68 Å². The molecule has 19 heteroatoms. The first-order valence-corrected chi connectivity index (χ1v) is 19.2. The first-order valence-electron chi connectivity index (χ1n) is 15.1. The lowest BCUT2D eigenvalue weighted by Gasteiger charge is -2.05. The summed E-state index contributed by atoms with van der Waals surface area (Å²) in [6, 6.07) is 28.3. The molecule has 51 heavy (non-hydrogen) atoms. The Bertz CT molecular complexity index is 1970. The lowest BCUT2D eigenvalue weighted by Crippen LogP contribution is -2.13. The summed E-state index contributed by atoms with van der Waals surface area (Å²) in [5.41, 5.74) is 3.17. The molecule has 0 radical (unpaired) electrons. The molecule has 0 aliphatic rings. The number of hydrogen-bond donors (Lipinski definition) is 5. The Morgan fingerprint density at radius 3 is 1.63 bits per heavy atom. The van der Waals surface area contributed by atoms with Crippen LogP contribution in [0, 0.1) is 6.92 Å². The lowest BCUT2D eigenvalue weighted by atomic mass is 10.3. The summed E-state index contributed by atoms with van der Waals surface area (Å²) < 4.78 is 53.2. The number of nitrogens with one attached hydrogen (secondary N) is 3. The van der Waals surface area contributed by atoms with Gasteiger partial charge in [-0.05, 0) is 54.9 Å². The van der Waals surface area contributed by atoms with Crippen molar-refractivity contribution in [3.8, 4) is 5.69 Å². The number of halogens is 1. The van der Waals surface area contributed by atoms with Crippen LogP contribution in [0.2, 0.25) is 5.28 Å². The van der Waals surface area contributed by atoms with Crippen molar-refractivity contribution in [3.05, 3.63) is 112 Å². The van der Waals surface area contributed by atoms with E-state index in [1.807, 2.05) is 119 Å². The molecule has 0 aliphatic carbocycles. The van der Waals surface area contributed by atoms with Crippen LogP contribution >= 0.6 is 11.6 Å². The fourth-order valence-corrected chi connectivity index (χ4v) is 3.35. The fraction of sp³-hybridized carbons (Fsp3) is 0.250. The van der Waals surface area contributed by atoms with E-state index in [1.54, 1.807) is 14.0 Å². The quantitative estimate of drug-likeness (QED) is 0.0849. The number of anilines is 3. The van der Waals surface area contributed by atoms with Gasteiger partial charge in [0.15, 0.2) is 5.69 Å². The Morgan fingerprint density at radius 1 is 0.725 bits per heavy atom. The number of benzene rings is 3. The molecule has 5 N–H and O–H groups in total. The molecule has 0 bridgehead atoms. The minimum Gasteiger partial charge on any atom is -0.357 e. The molecule has 0 spiro atoms. The molecular formula is C32H44ClN9O7S2. The van der Waals surface area contributed by atoms with E-state index >= 15 is 0 Å². The van der Waals surface area contributed by atoms with Crippen LogP contribution in [0.4, 0.5) is 29.0 Å². The van der Waals surface area contributed by atoms with Crippen LogP contribution in [0.25, 0.3) is 5.69 Å². The highest BCUT2D eigenvalue weighted by Crippen LogP contribution is 2.18. The van der Waals surface area contributed by atoms with Crippen LogP contribution in [-0.4, -0.2) is 70.2 Å². The predicted octanol–water partition coefficient (Wildman–Crippen LogP) is 7.26. The SMILES string of the molecule is CC.CC.CNc1nc(Cl)nc(Nc2ccccc2)n1.CS(=O)(=O)O.CS(=O)(=O)O.Cc1[nH]n(-c2ccccc2)c(=O)c1N=Nc1ccccc1. The van der Waals surface area contributed by atoms with Crippen molar-refractivity contribution >= 4 is 60.8 Å². The van der Waals surface area contributed by atoms with Gasteiger partial charge >= 0.3 is 0 Å². The predicted molar refractivity (Wildman–Crippen MR) is 203 cm³/mol. The maximum absolute atomic E-state index is 12.4. The standard InChI is InChI=1S/C16H14N4O.C10H10ClN5.2C2H6.2CH4O3S/c1-12-15(18-17-13-8-4-2-5-9-13)16(21)20(19-12)14-10-6-3-7-11-14;1-12-9-14-8(11)15-10(16-9)13-7-5-3-2-4-6-7;2*1-2;2*1-5(2,3)4/h2-11,19H,1H3;2-6H,1H3,(H2,12,13,14,15,16);2*1-2H3;2*1H3,(H,2,3,4). The molecule has 2 heterocycles. The molecule has 5 aromatic rings. The van der Waals surface area contributed by atoms with Gasteiger partial charge in [0.1, 0.15) is 0 Å². The van der Waals surface area contributed by atoms with Crippen molar-refractivity contribution in [3.63, 3.8) is 0 Å². The van der Waals surface area contributed by atoms with E-state index < -0.39 is 20.2 Å². The van der Waals surface area contributed by atoms with Crippen molar-refractivity contribution in [1.82, 2.24) is 24.7 Å². The first-order chi connectivity index (χ1) is 24.0. The van der Waals surface area contributed by atoms with E-state index in [0.29, 0.717) is 41.5 Å². The minimum atomic E-state index is -3.67. The van der Waals surface area contributed by atoms with Crippen LogP contribution < -0.4 is 16.2 Å². The third-order valence-electron chi connectivity index (χ3n) is 4.94. The van der Waals surface area contributed by atoms with Crippen molar-refractivity contribution in [1.29, 1.82) is 0 Å². The molecule has 0 unspecified atom stereocenters.